The standard InChI is InChI=1S/C20H26N2O/c1-16-7-6-9-18(19(16)22-13-11-20(2,3)15-22)23-14-10-17-8-4-5-12-21-17/h4-9,12H,10-11,13-15H2,1-3H3. The highest BCUT2D eigenvalue weighted by molar-refractivity contribution is 5.64. The first kappa shape index (κ1) is 15.9. The summed E-state index contributed by atoms with van der Waals surface area (Å²) in [6.07, 6.45) is 3.90. The first-order valence-corrected chi connectivity index (χ1v) is 8.42. The van der Waals surface area contributed by atoms with Gasteiger partial charge in [0.2, 0.25) is 0 Å². The van der Waals surface area contributed by atoms with Gasteiger partial charge >= 0.3 is 0 Å². The largest absolute Gasteiger partial charge is 0.491 e. The van der Waals surface area contributed by atoms with Gasteiger partial charge < -0.3 is 9.64 Å². The minimum absolute atomic E-state index is 0.382. The smallest absolute Gasteiger partial charge is 0.142 e. The molecule has 0 spiro atoms. The van der Waals surface area contributed by atoms with E-state index in [-0.39, 0.29) is 0 Å². The van der Waals surface area contributed by atoms with Crippen LogP contribution in [0.3, 0.4) is 0 Å². The second-order valence-corrected chi connectivity index (χ2v) is 7.18. The quantitative estimate of drug-likeness (QED) is 0.825. The predicted octanol–water partition coefficient (Wildman–Crippen LogP) is 4.25. The maximum absolute atomic E-state index is 6.12. The average molecular weight is 310 g/mol. The summed E-state index contributed by atoms with van der Waals surface area (Å²) in [5.74, 6) is 0.999. The SMILES string of the molecule is Cc1cccc(OCCc2ccccn2)c1N1CCC(C)(C)C1. The van der Waals surface area contributed by atoms with Gasteiger partial charge in [-0.3, -0.25) is 4.98 Å². The van der Waals surface area contributed by atoms with Gasteiger partial charge in [0.1, 0.15) is 5.75 Å². The van der Waals surface area contributed by atoms with E-state index in [1.807, 2.05) is 24.4 Å². The molecule has 0 bridgehead atoms. The molecule has 3 heteroatoms. The minimum atomic E-state index is 0.382. The van der Waals surface area contributed by atoms with Crippen LogP contribution >= 0.6 is 0 Å². The molecule has 0 atom stereocenters. The van der Waals surface area contributed by atoms with Crippen molar-refractivity contribution in [3.63, 3.8) is 0 Å². The van der Waals surface area contributed by atoms with E-state index in [1.165, 1.54) is 17.7 Å². The molecule has 0 amide bonds. The van der Waals surface area contributed by atoms with E-state index < -0.39 is 0 Å². The maximum atomic E-state index is 6.12. The second-order valence-electron chi connectivity index (χ2n) is 7.18. The third-order valence-electron chi connectivity index (χ3n) is 4.54. The molecule has 0 unspecified atom stereocenters. The molecule has 1 aliphatic heterocycles. The van der Waals surface area contributed by atoms with Gasteiger partial charge in [-0.1, -0.05) is 32.0 Å². The number of nitrogens with zero attached hydrogens (tertiary/aromatic N) is 2. The minimum Gasteiger partial charge on any atom is -0.491 e. The van der Waals surface area contributed by atoms with Gasteiger partial charge in [-0.25, -0.2) is 0 Å². The van der Waals surface area contributed by atoms with Gasteiger partial charge in [-0.2, -0.15) is 0 Å². The number of aromatic nitrogens is 1. The Hall–Kier alpha value is -2.03. The van der Waals surface area contributed by atoms with E-state index in [1.54, 1.807) is 0 Å². The summed E-state index contributed by atoms with van der Waals surface area (Å²) in [6, 6.07) is 12.4. The summed E-state index contributed by atoms with van der Waals surface area (Å²) >= 11 is 0. The number of hydrogen-bond acceptors (Lipinski definition) is 3. The fourth-order valence-corrected chi connectivity index (χ4v) is 3.27. The monoisotopic (exact) mass is 310 g/mol. The number of hydrogen-bond donors (Lipinski definition) is 0. The highest BCUT2D eigenvalue weighted by atomic mass is 16.5. The van der Waals surface area contributed by atoms with Gasteiger partial charge in [0, 0.05) is 31.4 Å². The summed E-state index contributed by atoms with van der Waals surface area (Å²) in [5.41, 5.74) is 4.01. The Balaban J connectivity index is 1.71. The van der Waals surface area contributed by atoms with Crippen molar-refractivity contribution in [1.29, 1.82) is 0 Å². The van der Waals surface area contributed by atoms with Crippen LogP contribution in [0, 0.1) is 12.3 Å². The van der Waals surface area contributed by atoms with E-state index in [4.69, 9.17) is 4.74 Å². The highest BCUT2D eigenvalue weighted by Crippen LogP contribution is 2.39. The van der Waals surface area contributed by atoms with Crippen molar-refractivity contribution in [2.75, 3.05) is 24.6 Å². The normalized spacial score (nSPS) is 16.6. The van der Waals surface area contributed by atoms with E-state index in [9.17, 15) is 0 Å². The fourth-order valence-electron chi connectivity index (χ4n) is 3.27. The molecule has 0 saturated carbocycles. The number of para-hydroxylation sites is 1. The summed E-state index contributed by atoms with van der Waals surface area (Å²) in [6.45, 7) is 9.71. The van der Waals surface area contributed by atoms with Crippen LogP contribution in [0.4, 0.5) is 5.69 Å². The lowest BCUT2D eigenvalue weighted by molar-refractivity contribution is 0.320. The zero-order valence-electron chi connectivity index (χ0n) is 14.4. The number of pyridine rings is 1. The Kier molecular flexibility index (Phi) is 4.56. The Morgan fingerprint density at radius 2 is 2.04 bits per heavy atom. The topological polar surface area (TPSA) is 25.4 Å². The highest BCUT2D eigenvalue weighted by Gasteiger charge is 2.31. The number of benzene rings is 1. The van der Waals surface area contributed by atoms with Crippen LogP contribution in [-0.4, -0.2) is 24.7 Å². The van der Waals surface area contributed by atoms with E-state index in [2.05, 4.69) is 48.9 Å². The van der Waals surface area contributed by atoms with E-state index >= 15 is 0 Å². The third kappa shape index (κ3) is 3.84. The molecule has 0 N–H and O–H groups in total. The first-order valence-electron chi connectivity index (χ1n) is 8.42. The molecule has 122 valence electrons. The summed E-state index contributed by atoms with van der Waals surface area (Å²) in [7, 11) is 0. The Labute approximate surface area is 139 Å². The van der Waals surface area contributed by atoms with Crippen molar-refractivity contribution in [3.05, 3.63) is 53.9 Å². The molecule has 2 heterocycles. The summed E-state index contributed by atoms with van der Waals surface area (Å²) in [4.78, 5) is 6.83. The average Bonchev–Trinajstić information content (AvgIpc) is 2.88. The van der Waals surface area contributed by atoms with Gasteiger partial charge in [-0.05, 0) is 42.5 Å². The van der Waals surface area contributed by atoms with Crippen LogP contribution < -0.4 is 9.64 Å². The van der Waals surface area contributed by atoms with Gasteiger partial charge in [-0.15, -0.1) is 0 Å². The molecular formula is C20H26N2O. The lowest BCUT2D eigenvalue weighted by Gasteiger charge is -2.25. The molecule has 0 aliphatic carbocycles. The van der Waals surface area contributed by atoms with Crippen LogP contribution in [0.25, 0.3) is 0 Å². The fraction of sp³-hybridized carbons (Fsp3) is 0.450. The van der Waals surface area contributed by atoms with Crippen LogP contribution in [0.1, 0.15) is 31.5 Å². The molecule has 1 saturated heterocycles. The number of anilines is 1. The van der Waals surface area contributed by atoms with Gasteiger partial charge in [0.15, 0.2) is 0 Å². The lowest BCUT2D eigenvalue weighted by Crippen LogP contribution is -2.24. The van der Waals surface area contributed by atoms with E-state index in [0.717, 1.165) is 31.0 Å². The van der Waals surface area contributed by atoms with Crippen molar-refractivity contribution in [2.45, 2.75) is 33.6 Å². The third-order valence-corrected chi connectivity index (χ3v) is 4.54. The molecule has 1 aromatic heterocycles. The predicted molar refractivity (Wildman–Crippen MR) is 95.2 cm³/mol. The van der Waals surface area contributed by atoms with Gasteiger partial charge in [0.05, 0.1) is 12.3 Å². The molecule has 0 radical (unpaired) electrons. The first-order chi connectivity index (χ1) is 11.1. The zero-order valence-corrected chi connectivity index (χ0v) is 14.4. The van der Waals surface area contributed by atoms with Crippen LogP contribution in [-0.2, 0) is 6.42 Å². The second kappa shape index (κ2) is 6.61. The van der Waals surface area contributed by atoms with Crippen molar-refractivity contribution in [3.8, 4) is 5.75 Å². The van der Waals surface area contributed by atoms with Crippen LogP contribution in [0.15, 0.2) is 42.6 Å². The maximum Gasteiger partial charge on any atom is 0.142 e. The molecule has 2 aromatic rings. The van der Waals surface area contributed by atoms with Crippen molar-refractivity contribution in [1.82, 2.24) is 4.98 Å². The van der Waals surface area contributed by atoms with Crippen LogP contribution in [0.5, 0.6) is 5.75 Å². The molecule has 3 rings (SSSR count). The number of ether oxygens (including phenoxy) is 1. The molecule has 23 heavy (non-hydrogen) atoms. The summed E-state index contributed by atoms with van der Waals surface area (Å²) < 4.78 is 6.12. The Bertz CT molecular complexity index is 652. The van der Waals surface area contributed by atoms with E-state index in [0.29, 0.717) is 12.0 Å². The molecule has 3 nitrogen and oxygen atoms in total. The zero-order chi connectivity index (χ0) is 16.3. The molecule has 1 aliphatic rings. The Morgan fingerprint density at radius 1 is 1.17 bits per heavy atom. The van der Waals surface area contributed by atoms with Crippen molar-refractivity contribution in [2.24, 2.45) is 5.41 Å². The molecular weight excluding hydrogens is 284 g/mol. The van der Waals surface area contributed by atoms with Crippen LogP contribution in [0.2, 0.25) is 0 Å². The van der Waals surface area contributed by atoms with Crippen molar-refractivity contribution >= 4 is 5.69 Å². The Morgan fingerprint density at radius 3 is 2.74 bits per heavy atom. The summed E-state index contributed by atoms with van der Waals surface area (Å²) in [5, 5.41) is 0. The lowest BCUT2D eigenvalue weighted by atomic mass is 9.93. The number of aryl methyl sites for hydroxylation is 1. The molecule has 1 aromatic carbocycles. The molecule has 1 fully saturated rings. The number of rotatable bonds is 5. The van der Waals surface area contributed by atoms with Gasteiger partial charge in [0.25, 0.3) is 0 Å². The van der Waals surface area contributed by atoms with Crippen molar-refractivity contribution < 1.29 is 4.74 Å².